The molecule has 2 heterocycles. The van der Waals surface area contributed by atoms with Gasteiger partial charge in [0.05, 0.1) is 0 Å². The van der Waals surface area contributed by atoms with E-state index in [1.165, 1.54) is 11.1 Å². The summed E-state index contributed by atoms with van der Waals surface area (Å²) >= 11 is 0. The van der Waals surface area contributed by atoms with E-state index in [1.807, 2.05) is 18.2 Å². The molecule has 2 amide bonds. The Bertz CT molecular complexity index is 620. The zero-order chi connectivity index (χ0) is 14.7. The molecule has 5 nitrogen and oxygen atoms in total. The Balaban J connectivity index is 1.67. The molecule has 0 saturated heterocycles. The van der Waals surface area contributed by atoms with E-state index >= 15 is 0 Å². The monoisotopic (exact) mass is 283 g/mol. The molecule has 0 unspecified atom stereocenters. The summed E-state index contributed by atoms with van der Waals surface area (Å²) in [5.41, 5.74) is 5.31. The van der Waals surface area contributed by atoms with E-state index < -0.39 is 0 Å². The van der Waals surface area contributed by atoms with Crippen molar-refractivity contribution in [1.82, 2.24) is 10.3 Å². The van der Waals surface area contributed by atoms with E-state index in [4.69, 9.17) is 0 Å². The Hall–Kier alpha value is -2.43. The summed E-state index contributed by atoms with van der Waals surface area (Å²) in [4.78, 5) is 25.2. The molecule has 1 aromatic carbocycles. The van der Waals surface area contributed by atoms with Gasteiger partial charge in [-0.25, -0.2) is 5.43 Å². The fraction of sp³-hybridized carbons (Fsp3) is 0.312. The van der Waals surface area contributed by atoms with Gasteiger partial charge in [-0.3, -0.25) is 9.59 Å². The highest BCUT2D eigenvalue weighted by atomic mass is 16.2. The first-order valence-corrected chi connectivity index (χ1v) is 7.13. The van der Waals surface area contributed by atoms with Gasteiger partial charge >= 0.3 is 0 Å². The van der Waals surface area contributed by atoms with Crippen molar-refractivity contribution in [2.24, 2.45) is 5.10 Å². The lowest BCUT2D eigenvalue weighted by molar-refractivity contribution is -0.124. The summed E-state index contributed by atoms with van der Waals surface area (Å²) in [5.74, 6) is -0.199. The summed E-state index contributed by atoms with van der Waals surface area (Å²) in [6.07, 6.45) is 3.70. The maximum Gasteiger partial charge on any atom is 0.270 e. The van der Waals surface area contributed by atoms with Crippen molar-refractivity contribution in [2.45, 2.75) is 19.3 Å². The molecular weight excluding hydrogens is 266 g/mol. The lowest BCUT2D eigenvalue weighted by Gasteiger charge is -2.27. The first kappa shape index (κ1) is 13.5. The fourth-order valence-corrected chi connectivity index (χ4v) is 2.58. The van der Waals surface area contributed by atoms with Gasteiger partial charge in [0.25, 0.3) is 5.91 Å². The van der Waals surface area contributed by atoms with Crippen molar-refractivity contribution in [3.05, 3.63) is 42.0 Å². The van der Waals surface area contributed by atoms with Crippen molar-refractivity contribution < 1.29 is 9.59 Å². The number of hydrogen-bond donors (Lipinski definition) is 1. The van der Waals surface area contributed by atoms with Gasteiger partial charge in [0.15, 0.2) is 0 Å². The minimum absolute atomic E-state index is 0.0710. The first-order valence-electron chi connectivity index (χ1n) is 7.13. The van der Waals surface area contributed by atoms with Crippen molar-refractivity contribution in [3.63, 3.8) is 0 Å². The van der Waals surface area contributed by atoms with Crippen LogP contribution in [-0.4, -0.2) is 35.5 Å². The van der Waals surface area contributed by atoms with Crippen LogP contribution in [0.2, 0.25) is 0 Å². The molecule has 1 N–H and O–H groups in total. The molecule has 108 valence electrons. The van der Waals surface area contributed by atoms with Gasteiger partial charge in [0.2, 0.25) is 5.91 Å². The van der Waals surface area contributed by atoms with Gasteiger partial charge in [-0.15, -0.1) is 0 Å². The average Bonchev–Trinajstić information content (AvgIpc) is 2.56. The van der Waals surface area contributed by atoms with Crippen LogP contribution in [-0.2, 0) is 9.59 Å². The second-order valence-electron chi connectivity index (χ2n) is 5.19. The van der Waals surface area contributed by atoms with Crippen LogP contribution >= 0.6 is 0 Å². The van der Waals surface area contributed by atoms with Crippen LogP contribution in [0.15, 0.2) is 41.5 Å². The smallest absolute Gasteiger partial charge is 0.270 e. The Morgan fingerprint density at radius 2 is 1.95 bits per heavy atom. The van der Waals surface area contributed by atoms with Gasteiger partial charge in [0, 0.05) is 25.9 Å². The summed E-state index contributed by atoms with van der Waals surface area (Å²) in [6, 6.07) is 10.2. The van der Waals surface area contributed by atoms with Gasteiger partial charge in [-0.05, 0) is 17.6 Å². The SMILES string of the molecule is O=C1CCC(C(=O)N2CC=C(c3ccccc3)CC2)=NN1. The molecular formula is C16H17N3O2. The van der Waals surface area contributed by atoms with E-state index in [2.05, 4.69) is 28.7 Å². The number of carbonyl (C=O) groups is 2. The van der Waals surface area contributed by atoms with Gasteiger partial charge < -0.3 is 4.90 Å². The quantitative estimate of drug-likeness (QED) is 0.895. The number of nitrogens with zero attached hydrogens (tertiary/aromatic N) is 2. The van der Waals surface area contributed by atoms with Crippen LogP contribution in [0.1, 0.15) is 24.8 Å². The number of amides is 2. The van der Waals surface area contributed by atoms with E-state index in [0.717, 1.165) is 6.42 Å². The maximum atomic E-state index is 12.3. The normalized spacial score (nSPS) is 18.7. The second kappa shape index (κ2) is 5.91. The zero-order valence-electron chi connectivity index (χ0n) is 11.7. The molecule has 2 aliphatic rings. The topological polar surface area (TPSA) is 61.8 Å². The molecule has 0 aliphatic carbocycles. The summed E-state index contributed by atoms with van der Waals surface area (Å²) in [7, 11) is 0. The first-order chi connectivity index (χ1) is 10.2. The van der Waals surface area contributed by atoms with E-state index in [0.29, 0.717) is 31.6 Å². The summed E-state index contributed by atoms with van der Waals surface area (Å²) < 4.78 is 0. The van der Waals surface area contributed by atoms with Crippen LogP contribution in [0.25, 0.3) is 5.57 Å². The number of carbonyl (C=O) groups excluding carboxylic acids is 2. The third-order valence-corrected chi connectivity index (χ3v) is 3.79. The number of benzene rings is 1. The number of nitrogens with one attached hydrogen (secondary N) is 1. The largest absolute Gasteiger partial charge is 0.333 e. The molecule has 0 fully saturated rings. The van der Waals surface area contributed by atoms with Crippen molar-refractivity contribution in [3.8, 4) is 0 Å². The molecule has 0 radical (unpaired) electrons. The van der Waals surface area contributed by atoms with Crippen LogP contribution < -0.4 is 5.43 Å². The lowest BCUT2D eigenvalue weighted by Crippen LogP contribution is -2.42. The molecule has 3 rings (SSSR count). The Morgan fingerprint density at radius 3 is 2.57 bits per heavy atom. The number of hydrogen-bond acceptors (Lipinski definition) is 3. The molecule has 0 atom stereocenters. The number of hydrazone groups is 1. The minimum Gasteiger partial charge on any atom is -0.333 e. The van der Waals surface area contributed by atoms with Crippen LogP contribution in [0.4, 0.5) is 0 Å². The van der Waals surface area contributed by atoms with Gasteiger partial charge in [0.1, 0.15) is 5.71 Å². The van der Waals surface area contributed by atoms with Crippen molar-refractivity contribution in [1.29, 1.82) is 0 Å². The highest BCUT2D eigenvalue weighted by Crippen LogP contribution is 2.22. The molecule has 2 aliphatic heterocycles. The van der Waals surface area contributed by atoms with E-state index in [9.17, 15) is 9.59 Å². The molecule has 0 bridgehead atoms. The molecule has 0 saturated carbocycles. The highest BCUT2D eigenvalue weighted by Gasteiger charge is 2.24. The number of rotatable bonds is 2. The van der Waals surface area contributed by atoms with Crippen LogP contribution in [0, 0.1) is 0 Å². The third kappa shape index (κ3) is 3.02. The standard InChI is InChI=1S/C16H17N3O2/c20-15-7-6-14(17-18-15)16(21)19-10-8-13(9-11-19)12-4-2-1-3-5-12/h1-5,8H,6-7,9-11H2,(H,18,20). The Kier molecular flexibility index (Phi) is 3.81. The van der Waals surface area contributed by atoms with Crippen molar-refractivity contribution >= 4 is 23.1 Å². The van der Waals surface area contributed by atoms with Crippen LogP contribution in [0.3, 0.4) is 0 Å². The van der Waals surface area contributed by atoms with Crippen molar-refractivity contribution in [2.75, 3.05) is 13.1 Å². The molecule has 0 spiro atoms. The summed E-state index contributed by atoms with van der Waals surface area (Å²) in [6.45, 7) is 1.28. The van der Waals surface area contributed by atoms with Gasteiger partial charge in [-0.2, -0.15) is 5.10 Å². The van der Waals surface area contributed by atoms with Crippen LogP contribution in [0.5, 0.6) is 0 Å². The lowest BCUT2D eigenvalue weighted by atomic mass is 9.99. The fourth-order valence-electron chi connectivity index (χ4n) is 2.58. The minimum atomic E-state index is -0.128. The molecule has 1 aromatic rings. The average molecular weight is 283 g/mol. The molecule has 0 aromatic heterocycles. The molecule has 21 heavy (non-hydrogen) atoms. The Morgan fingerprint density at radius 1 is 1.14 bits per heavy atom. The predicted molar refractivity (Wildman–Crippen MR) is 80.4 cm³/mol. The van der Waals surface area contributed by atoms with E-state index in [1.54, 1.807) is 4.90 Å². The van der Waals surface area contributed by atoms with Gasteiger partial charge in [-0.1, -0.05) is 36.4 Å². The van der Waals surface area contributed by atoms with E-state index in [-0.39, 0.29) is 11.8 Å². The maximum absolute atomic E-state index is 12.3. The third-order valence-electron chi connectivity index (χ3n) is 3.79. The molecule has 5 heteroatoms. The highest BCUT2D eigenvalue weighted by molar-refractivity contribution is 6.39. The predicted octanol–water partition coefficient (Wildman–Crippen LogP) is 1.57. The Labute approximate surface area is 123 Å². The summed E-state index contributed by atoms with van der Waals surface area (Å²) in [5, 5.41) is 3.87. The zero-order valence-corrected chi connectivity index (χ0v) is 11.7. The second-order valence-corrected chi connectivity index (χ2v) is 5.19.